The van der Waals surface area contributed by atoms with E-state index in [1.54, 1.807) is 5.56 Å². The first-order chi connectivity index (χ1) is 12.3. The summed E-state index contributed by atoms with van der Waals surface area (Å²) >= 11 is 0. The van der Waals surface area contributed by atoms with E-state index in [-0.39, 0.29) is 0 Å². The zero-order chi connectivity index (χ0) is 17.1. The van der Waals surface area contributed by atoms with E-state index in [0.717, 1.165) is 11.8 Å². The van der Waals surface area contributed by atoms with Crippen molar-refractivity contribution >= 4 is 0 Å². The maximum Gasteiger partial charge on any atom is 0.0601 e. The van der Waals surface area contributed by atoms with Crippen molar-refractivity contribution in [3.63, 3.8) is 0 Å². The monoisotopic (exact) mass is 333 g/mol. The molecular formula is C24H31N. The molecule has 2 aromatic carbocycles. The highest BCUT2D eigenvalue weighted by atomic mass is 15.2. The van der Waals surface area contributed by atoms with E-state index in [9.17, 15) is 0 Å². The first kappa shape index (κ1) is 16.8. The number of nitrogens with zero attached hydrogens (tertiary/aromatic N) is 1. The Morgan fingerprint density at radius 1 is 0.760 bits per heavy atom. The van der Waals surface area contributed by atoms with E-state index in [0.29, 0.717) is 6.04 Å². The molecule has 2 fully saturated rings. The number of benzene rings is 2. The van der Waals surface area contributed by atoms with Crippen molar-refractivity contribution in [2.75, 3.05) is 13.1 Å². The highest BCUT2D eigenvalue weighted by Gasteiger charge is 2.26. The van der Waals surface area contributed by atoms with Gasteiger partial charge in [0.2, 0.25) is 0 Å². The molecule has 25 heavy (non-hydrogen) atoms. The van der Waals surface area contributed by atoms with Gasteiger partial charge in [-0.15, -0.1) is 0 Å². The third-order valence-corrected chi connectivity index (χ3v) is 6.38. The van der Waals surface area contributed by atoms with Crippen LogP contribution >= 0.6 is 0 Å². The van der Waals surface area contributed by atoms with Crippen LogP contribution in [0.2, 0.25) is 0 Å². The molecule has 0 N–H and O–H groups in total. The van der Waals surface area contributed by atoms with Gasteiger partial charge in [0.1, 0.15) is 0 Å². The normalized spacial score (nSPS) is 21.5. The lowest BCUT2D eigenvalue weighted by molar-refractivity contribution is 0.157. The summed E-state index contributed by atoms with van der Waals surface area (Å²) < 4.78 is 0. The van der Waals surface area contributed by atoms with Gasteiger partial charge in [0.05, 0.1) is 6.04 Å². The molecule has 1 heteroatoms. The first-order valence-corrected chi connectivity index (χ1v) is 10.2. The third-order valence-electron chi connectivity index (χ3n) is 6.38. The molecule has 4 rings (SSSR count). The van der Waals surface area contributed by atoms with Crippen molar-refractivity contribution < 1.29 is 0 Å². The van der Waals surface area contributed by atoms with Crippen molar-refractivity contribution in [3.05, 3.63) is 71.3 Å². The molecule has 132 valence electrons. The van der Waals surface area contributed by atoms with Crippen LogP contribution in [0.25, 0.3) is 0 Å². The number of rotatable bonds is 4. The predicted octanol–water partition coefficient (Wildman–Crippen LogP) is 6.17. The zero-order valence-electron chi connectivity index (χ0n) is 15.5. The minimum atomic E-state index is 0.409. The Morgan fingerprint density at radius 3 is 2.00 bits per heavy atom. The lowest BCUT2D eigenvalue weighted by atomic mass is 9.90. The van der Waals surface area contributed by atoms with Gasteiger partial charge in [-0.1, -0.05) is 74.4 Å². The van der Waals surface area contributed by atoms with Gasteiger partial charge in [0.25, 0.3) is 0 Å². The number of likely N-dealkylation sites (tertiary alicyclic amines) is 1. The smallest absolute Gasteiger partial charge is 0.0601 e. The van der Waals surface area contributed by atoms with Crippen molar-refractivity contribution in [2.24, 2.45) is 5.92 Å². The molecule has 1 saturated heterocycles. The molecule has 1 atom stereocenters. The second kappa shape index (κ2) is 7.74. The Labute approximate surface area is 153 Å². The van der Waals surface area contributed by atoms with E-state index < -0.39 is 0 Å². The summed E-state index contributed by atoms with van der Waals surface area (Å²) in [4.78, 5) is 2.69. The molecule has 2 aliphatic rings. The van der Waals surface area contributed by atoms with E-state index in [1.807, 2.05) is 0 Å². The Kier molecular flexibility index (Phi) is 5.22. The SMILES string of the molecule is CC1CCN(C(c2ccccc2)c2ccc(C3CCCC3)cc2)CC1. The van der Waals surface area contributed by atoms with Crippen LogP contribution in [0.5, 0.6) is 0 Å². The first-order valence-electron chi connectivity index (χ1n) is 10.2. The fourth-order valence-corrected chi connectivity index (χ4v) is 4.75. The molecule has 0 bridgehead atoms. The number of hydrogen-bond donors (Lipinski definition) is 0. The minimum Gasteiger partial charge on any atom is -0.292 e. The van der Waals surface area contributed by atoms with Crippen molar-refractivity contribution in [1.82, 2.24) is 4.90 Å². The highest BCUT2D eigenvalue weighted by Crippen LogP contribution is 2.36. The van der Waals surface area contributed by atoms with Gasteiger partial charge in [-0.05, 0) is 67.3 Å². The second-order valence-electron chi connectivity index (χ2n) is 8.18. The molecule has 1 nitrogen and oxygen atoms in total. The van der Waals surface area contributed by atoms with Gasteiger partial charge in [0.15, 0.2) is 0 Å². The van der Waals surface area contributed by atoms with Crippen molar-refractivity contribution in [1.29, 1.82) is 0 Å². The largest absolute Gasteiger partial charge is 0.292 e. The van der Waals surface area contributed by atoms with Crippen molar-refractivity contribution in [2.45, 2.75) is 57.4 Å². The summed E-state index contributed by atoms with van der Waals surface area (Å²) in [5.74, 6) is 1.68. The van der Waals surface area contributed by atoms with E-state index in [1.165, 1.54) is 62.7 Å². The van der Waals surface area contributed by atoms with E-state index in [4.69, 9.17) is 0 Å². The quantitative estimate of drug-likeness (QED) is 0.647. The summed E-state index contributed by atoms with van der Waals surface area (Å²) in [7, 11) is 0. The molecule has 1 heterocycles. The molecule has 0 spiro atoms. The predicted molar refractivity (Wildman–Crippen MR) is 106 cm³/mol. The molecule has 0 amide bonds. The summed E-state index contributed by atoms with van der Waals surface area (Å²) in [6.07, 6.45) is 8.22. The molecule has 0 aromatic heterocycles. The lowest BCUT2D eigenvalue weighted by Gasteiger charge is -2.37. The van der Waals surface area contributed by atoms with Crippen LogP contribution in [0.3, 0.4) is 0 Å². The number of piperidine rings is 1. The van der Waals surface area contributed by atoms with E-state index in [2.05, 4.69) is 66.4 Å². The highest BCUT2D eigenvalue weighted by molar-refractivity contribution is 5.35. The van der Waals surface area contributed by atoms with Crippen LogP contribution in [0.4, 0.5) is 0 Å². The fourth-order valence-electron chi connectivity index (χ4n) is 4.75. The summed E-state index contributed by atoms with van der Waals surface area (Å²) in [5.41, 5.74) is 4.45. The van der Waals surface area contributed by atoms with Gasteiger partial charge in [-0.3, -0.25) is 4.90 Å². The maximum absolute atomic E-state index is 2.69. The Hall–Kier alpha value is -1.60. The molecular weight excluding hydrogens is 302 g/mol. The van der Waals surface area contributed by atoms with Gasteiger partial charge in [0, 0.05) is 0 Å². The van der Waals surface area contributed by atoms with Crippen molar-refractivity contribution in [3.8, 4) is 0 Å². The standard InChI is InChI=1S/C24H31N/c1-19-15-17-25(18-16-19)24(22-9-3-2-4-10-22)23-13-11-21(12-14-23)20-7-5-6-8-20/h2-4,9-14,19-20,24H,5-8,15-18H2,1H3. The summed E-state index contributed by atoms with van der Waals surface area (Å²) in [6, 6.07) is 21.1. The maximum atomic E-state index is 2.69. The van der Waals surface area contributed by atoms with Crippen LogP contribution in [-0.2, 0) is 0 Å². The topological polar surface area (TPSA) is 3.24 Å². The Bertz CT molecular complexity index is 646. The van der Waals surface area contributed by atoms with Crippen LogP contribution in [0.15, 0.2) is 54.6 Å². The second-order valence-corrected chi connectivity index (χ2v) is 8.18. The summed E-state index contributed by atoms with van der Waals surface area (Å²) in [6.45, 7) is 4.82. The third kappa shape index (κ3) is 3.82. The van der Waals surface area contributed by atoms with Crippen LogP contribution in [0, 0.1) is 5.92 Å². The molecule has 1 aliphatic carbocycles. The number of hydrogen-bond acceptors (Lipinski definition) is 1. The zero-order valence-corrected chi connectivity index (χ0v) is 15.5. The average molecular weight is 334 g/mol. The average Bonchev–Trinajstić information content (AvgIpc) is 3.20. The van der Waals surface area contributed by atoms with Gasteiger partial charge in [-0.25, -0.2) is 0 Å². The Morgan fingerprint density at radius 2 is 1.36 bits per heavy atom. The van der Waals surface area contributed by atoms with Gasteiger partial charge >= 0.3 is 0 Å². The molecule has 1 unspecified atom stereocenters. The summed E-state index contributed by atoms with van der Waals surface area (Å²) in [5, 5.41) is 0. The van der Waals surface area contributed by atoms with Gasteiger partial charge in [-0.2, -0.15) is 0 Å². The molecule has 0 radical (unpaired) electrons. The molecule has 1 aliphatic heterocycles. The van der Waals surface area contributed by atoms with E-state index >= 15 is 0 Å². The minimum absolute atomic E-state index is 0.409. The van der Waals surface area contributed by atoms with Crippen LogP contribution in [0.1, 0.15) is 74.1 Å². The van der Waals surface area contributed by atoms with Crippen LogP contribution in [-0.4, -0.2) is 18.0 Å². The lowest BCUT2D eigenvalue weighted by Crippen LogP contribution is -2.36. The fraction of sp³-hybridized carbons (Fsp3) is 0.500. The molecule has 2 aromatic rings. The van der Waals surface area contributed by atoms with Crippen LogP contribution < -0.4 is 0 Å². The molecule has 1 saturated carbocycles. The Balaban J connectivity index is 1.61. The van der Waals surface area contributed by atoms with Gasteiger partial charge < -0.3 is 0 Å².